The van der Waals surface area contributed by atoms with Crippen molar-refractivity contribution < 1.29 is 9.90 Å². The molecule has 2 N–H and O–H groups in total. The van der Waals surface area contributed by atoms with Gasteiger partial charge in [-0.05, 0) is 29.8 Å². The van der Waals surface area contributed by atoms with Crippen LogP contribution in [-0.2, 0) is 0 Å². The molecule has 2 rings (SSSR count). The largest absolute Gasteiger partial charge is 0.508 e. The molecule has 0 bridgehead atoms. The molecule has 0 atom stereocenters. The summed E-state index contributed by atoms with van der Waals surface area (Å²) in [6.45, 7) is 0. The van der Waals surface area contributed by atoms with Crippen molar-refractivity contribution in [2.75, 3.05) is 0 Å². The molecule has 0 aliphatic heterocycles. The Bertz CT molecular complexity index is 634. The number of allylic oxidation sites excluding steroid dienone is 1. The van der Waals surface area contributed by atoms with E-state index in [1.807, 2.05) is 36.4 Å². The van der Waals surface area contributed by atoms with E-state index in [0.29, 0.717) is 5.56 Å². The fourth-order valence-corrected chi connectivity index (χ4v) is 1.57. The van der Waals surface area contributed by atoms with Crippen molar-refractivity contribution in [1.82, 2.24) is 5.43 Å². The van der Waals surface area contributed by atoms with Crippen molar-refractivity contribution in [3.05, 3.63) is 71.8 Å². The number of carbonyl (C=O) groups excluding carboxylic acids is 1. The standard InChI is InChI=1S/C16H14N2O2/c19-15-10-4-9-14(12-15)16(20)18-17-11-5-8-13-6-2-1-3-7-13/h1-12,19H,(H,18,20)/b8-5+,17-11-. The van der Waals surface area contributed by atoms with E-state index in [-0.39, 0.29) is 11.7 Å². The van der Waals surface area contributed by atoms with Crippen molar-refractivity contribution in [3.8, 4) is 5.75 Å². The molecule has 0 aliphatic rings. The monoisotopic (exact) mass is 266 g/mol. The number of hydrazone groups is 1. The number of phenolic OH excluding ortho intramolecular Hbond substituents is 1. The summed E-state index contributed by atoms with van der Waals surface area (Å²) in [5.41, 5.74) is 3.79. The van der Waals surface area contributed by atoms with Crippen LogP contribution in [0.2, 0.25) is 0 Å². The van der Waals surface area contributed by atoms with E-state index in [4.69, 9.17) is 0 Å². The fraction of sp³-hybridized carbons (Fsp3) is 0. The number of carbonyl (C=O) groups is 1. The molecule has 2 aromatic rings. The van der Waals surface area contributed by atoms with E-state index < -0.39 is 0 Å². The lowest BCUT2D eigenvalue weighted by Crippen LogP contribution is -2.17. The minimum Gasteiger partial charge on any atom is -0.508 e. The first-order valence-corrected chi connectivity index (χ1v) is 6.10. The third-order valence-corrected chi connectivity index (χ3v) is 2.52. The average Bonchev–Trinajstić information content (AvgIpc) is 2.48. The van der Waals surface area contributed by atoms with Crippen LogP contribution in [0.3, 0.4) is 0 Å². The summed E-state index contributed by atoms with van der Waals surface area (Å²) in [5, 5.41) is 13.1. The first-order valence-electron chi connectivity index (χ1n) is 6.10. The zero-order chi connectivity index (χ0) is 14.2. The summed E-state index contributed by atoms with van der Waals surface area (Å²) < 4.78 is 0. The van der Waals surface area contributed by atoms with Gasteiger partial charge in [0.25, 0.3) is 5.91 Å². The zero-order valence-electron chi connectivity index (χ0n) is 10.7. The molecular weight excluding hydrogens is 252 g/mol. The lowest BCUT2D eigenvalue weighted by Gasteiger charge is -1.99. The SMILES string of the molecule is O=C(N/N=C\C=C\c1ccccc1)c1cccc(O)c1. The average molecular weight is 266 g/mol. The van der Waals surface area contributed by atoms with Gasteiger partial charge in [0.1, 0.15) is 5.75 Å². The van der Waals surface area contributed by atoms with Crippen LogP contribution < -0.4 is 5.43 Å². The second kappa shape index (κ2) is 6.89. The van der Waals surface area contributed by atoms with Crippen molar-refractivity contribution in [1.29, 1.82) is 0 Å². The number of aromatic hydroxyl groups is 1. The predicted molar refractivity (Wildman–Crippen MR) is 79.5 cm³/mol. The number of hydrogen-bond acceptors (Lipinski definition) is 3. The number of rotatable bonds is 4. The van der Waals surface area contributed by atoms with Crippen LogP contribution in [0.4, 0.5) is 0 Å². The Morgan fingerprint density at radius 2 is 1.90 bits per heavy atom. The topological polar surface area (TPSA) is 61.7 Å². The quantitative estimate of drug-likeness (QED) is 0.660. The lowest BCUT2D eigenvalue weighted by atomic mass is 10.2. The van der Waals surface area contributed by atoms with Crippen LogP contribution in [-0.4, -0.2) is 17.2 Å². The van der Waals surface area contributed by atoms with Crippen LogP contribution in [0.5, 0.6) is 5.75 Å². The van der Waals surface area contributed by atoms with Crippen LogP contribution in [0.1, 0.15) is 15.9 Å². The molecule has 0 fully saturated rings. The maximum Gasteiger partial charge on any atom is 0.271 e. The van der Waals surface area contributed by atoms with Crippen molar-refractivity contribution in [2.45, 2.75) is 0 Å². The Morgan fingerprint density at radius 3 is 2.65 bits per heavy atom. The summed E-state index contributed by atoms with van der Waals surface area (Å²) in [4.78, 5) is 11.7. The number of hydrogen-bond donors (Lipinski definition) is 2. The lowest BCUT2D eigenvalue weighted by molar-refractivity contribution is 0.0954. The summed E-state index contributed by atoms with van der Waals surface area (Å²) >= 11 is 0. The molecule has 0 aliphatic carbocycles. The van der Waals surface area contributed by atoms with Crippen LogP contribution >= 0.6 is 0 Å². The highest BCUT2D eigenvalue weighted by Gasteiger charge is 2.03. The number of benzene rings is 2. The van der Waals surface area contributed by atoms with E-state index in [0.717, 1.165) is 5.56 Å². The highest BCUT2D eigenvalue weighted by molar-refractivity contribution is 5.95. The normalized spacial score (nSPS) is 11.0. The molecule has 0 aromatic heterocycles. The van der Waals surface area contributed by atoms with Gasteiger partial charge in [0.2, 0.25) is 0 Å². The van der Waals surface area contributed by atoms with Gasteiger partial charge in [-0.15, -0.1) is 0 Å². The van der Waals surface area contributed by atoms with Gasteiger partial charge in [-0.2, -0.15) is 5.10 Å². The Morgan fingerprint density at radius 1 is 1.10 bits per heavy atom. The molecule has 1 amide bonds. The number of nitrogens with zero attached hydrogens (tertiary/aromatic N) is 1. The van der Waals surface area contributed by atoms with Gasteiger partial charge in [-0.1, -0.05) is 42.5 Å². The van der Waals surface area contributed by atoms with Crippen molar-refractivity contribution in [2.24, 2.45) is 5.10 Å². The molecule has 0 heterocycles. The summed E-state index contributed by atoms with van der Waals surface area (Å²) in [5.74, 6) is -0.323. The highest BCUT2D eigenvalue weighted by Crippen LogP contribution is 2.10. The zero-order valence-corrected chi connectivity index (χ0v) is 10.7. The van der Waals surface area contributed by atoms with Gasteiger partial charge in [-0.25, -0.2) is 5.43 Å². The van der Waals surface area contributed by atoms with Crippen LogP contribution in [0.15, 0.2) is 65.8 Å². The summed E-state index contributed by atoms with van der Waals surface area (Å²) in [6, 6.07) is 15.9. The van der Waals surface area contributed by atoms with Gasteiger partial charge < -0.3 is 5.11 Å². The van der Waals surface area contributed by atoms with Crippen molar-refractivity contribution in [3.63, 3.8) is 0 Å². The number of amides is 1. The minimum absolute atomic E-state index is 0.0469. The first kappa shape index (κ1) is 13.5. The molecule has 0 unspecified atom stereocenters. The Kier molecular flexibility index (Phi) is 4.67. The Hall–Kier alpha value is -2.88. The second-order valence-corrected chi connectivity index (χ2v) is 4.04. The summed E-state index contributed by atoms with van der Waals surface area (Å²) in [6.07, 6.45) is 5.11. The molecule has 2 aromatic carbocycles. The van der Waals surface area contributed by atoms with E-state index in [1.165, 1.54) is 18.3 Å². The van der Waals surface area contributed by atoms with Gasteiger partial charge >= 0.3 is 0 Å². The molecule has 0 spiro atoms. The van der Waals surface area contributed by atoms with Crippen LogP contribution in [0.25, 0.3) is 6.08 Å². The summed E-state index contributed by atoms with van der Waals surface area (Å²) in [7, 11) is 0. The van der Waals surface area contributed by atoms with Gasteiger partial charge in [0, 0.05) is 11.8 Å². The smallest absolute Gasteiger partial charge is 0.271 e. The Labute approximate surface area is 117 Å². The van der Waals surface area contributed by atoms with Crippen LogP contribution in [0, 0.1) is 0 Å². The molecule has 4 heteroatoms. The third kappa shape index (κ3) is 4.10. The molecule has 0 saturated carbocycles. The van der Waals surface area contributed by atoms with Gasteiger partial charge in [-0.3, -0.25) is 4.79 Å². The maximum atomic E-state index is 11.7. The molecule has 100 valence electrons. The second-order valence-electron chi connectivity index (χ2n) is 4.04. The number of nitrogens with one attached hydrogen (secondary N) is 1. The van der Waals surface area contributed by atoms with E-state index in [2.05, 4.69) is 10.5 Å². The molecule has 0 saturated heterocycles. The minimum atomic E-state index is -0.370. The van der Waals surface area contributed by atoms with E-state index in [9.17, 15) is 9.90 Å². The van der Waals surface area contributed by atoms with E-state index >= 15 is 0 Å². The molecule has 20 heavy (non-hydrogen) atoms. The highest BCUT2D eigenvalue weighted by atomic mass is 16.3. The van der Waals surface area contributed by atoms with E-state index in [1.54, 1.807) is 18.2 Å². The maximum absolute atomic E-state index is 11.7. The van der Waals surface area contributed by atoms with Gasteiger partial charge in [0.15, 0.2) is 0 Å². The third-order valence-electron chi connectivity index (χ3n) is 2.52. The molecule has 4 nitrogen and oxygen atoms in total. The Balaban J connectivity index is 1.87. The predicted octanol–water partition coefficient (Wildman–Crippen LogP) is 2.82. The first-order chi connectivity index (χ1) is 9.75. The van der Waals surface area contributed by atoms with Crippen molar-refractivity contribution >= 4 is 18.2 Å². The fourth-order valence-electron chi connectivity index (χ4n) is 1.57. The molecular formula is C16H14N2O2. The van der Waals surface area contributed by atoms with Gasteiger partial charge in [0.05, 0.1) is 0 Å². The molecule has 0 radical (unpaired) electrons. The number of phenols is 1.